The number of ether oxygens (including phenoxy) is 4. The van der Waals surface area contributed by atoms with Crippen LogP contribution in [0.4, 0.5) is 5.69 Å². The van der Waals surface area contributed by atoms with E-state index in [1.807, 2.05) is 0 Å². The number of hydrogen-bond acceptors (Lipinski definition) is 8. The third-order valence-electron chi connectivity index (χ3n) is 10.6. The number of fused-ring (bicyclic) bond motifs is 2. The van der Waals surface area contributed by atoms with Crippen molar-refractivity contribution in [2.75, 3.05) is 33.3 Å². The first kappa shape index (κ1) is 24.1. The molecule has 5 bridgehead atoms. The van der Waals surface area contributed by atoms with Crippen molar-refractivity contribution >= 4 is 11.7 Å². The van der Waals surface area contributed by atoms with Gasteiger partial charge in [-0.2, -0.15) is 0 Å². The number of benzene rings is 2. The van der Waals surface area contributed by atoms with Gasteiger partial charge < -0.3 is 29.0 Å². The highest BCUT2D eigenvalue weighted by Crippen LogP contribution is 2.69. The number of nitrogens with zero attached hydrogens (tertiary/aromatic N) is 2. The number of piperidine rings is 4. The van der Waals surface area contributed by atoms with Crippen molar-refractivity contribution < 1.29 is 28.8 Å². The molecule has 0 amide bonds. The smallest absolute Gasteiger partial charge is 0.339 e. The van der Waals surface area contributed by atoms with Crippen molar-refractivity contribution in [2.45, 2.75) is 62.1 Å². The molecular formula is C30H36N2O6. The van der Waals surface area contributed by atoms with Crippen LogP contribution in [-0.4, -0.2) is 74.8 Å². The van der Waals surface area contributed by atoms with Crippen LogP contribution in [0.3, 0.4) is 0 Å². The molecule has 10 atom stereocenters. The number of rotatable bonds is 6. The Morgan fingerprint density at radius 1 is 1.08 bits per heavy atom. The third kappa shape index (κ3) is 2.75. The molecule has 1 saturated carbocycles. The Balaban J connectivity index is 1.27. The zero-order chi connectivity index (χ0) is 26.5. The first-order valence-corrected chi connectivity index (χ1v) is 13.7. The van der Waals surface area contributed by atoms with Crippen molar-refractivity contribution in [3.63, 3.8) is 0 Å². The van der Waals surface area contributed by atoms with E-state index in [0.29, 0.717) is 28.7 Å². The van der Waals surface area contributed by atoms with Crippen LogP contribution >= 0.6 is 0 Å². The molecule has 1 spiro atoms. The van der Waals surface area contributed by atoms with Crippen LogP contribution in [-0.2, 0) is 10.2 Å². The Bertz CT molecular complexity index is 1270. The number of carbonyl (C=O) groups is 1. The maximum Gasteiger partial charge on any atom is 0.339 e. The quantitative estimate of drug-likeness (QED) is 0.581. The molecule has 6 aliphatic rings. The summed E-state index contributed by atoms with van der Waals surface area (Å²) in [5, 5.41) is 12.1. The minimum atomic E-state index is -0.399. The summed E-state index contributed by atoms with van der Waals surface area (Å²) in [6.45, 7) is 2.17. The van der Waals surface area contributed by atoms with Crippen LogP contribution in [0, 0.1) is 17.8 Å². The molecule has 1 N–H and O–H groups in total. The summed E-state index contributed by atoms with van der Waals surface area (Å²) in [5.41, 5.74) is 2.62. The Labute approximate surface area is 223 Å². The maximum absolute atomic E-state index is 13.7. The highest BCUT2D eigenvalue weighted by atomic mass is 16.6. The number of aliphatic hydroxyl groups excluding tert-OH is 1. The lowest BCUT2D eigenvalue weighted by Gasteiger charge is -2.63. The second-order valence-electron chi connectivity index (χ2n) is 11.6. The van der Waals surface area contributed by atoms with E-state index in [1.54, 1.807) is 19.2 Å². The van der Waals surface area contributed by atoms with Gasteiger partial charge in [0, 0.05) is 42.1 Å². The van der Waals surface area contributed by atoms with E-state index < -0.39 is 12.1 Å². The Kier molecular flexibility index (Phi) is 5.24. The molecule has 2 aromatic carbocycles. The number of para-hydroxylation sites is 1. The number of carbonyl (C=O) groups excluding carboxylic acids is 1. The van der Waals surface area contributed by atoms with E-state index in [0.717, 1.165) is 19.3 Å². The summed E-state index contributed by atoms with van der Waals surface area (Å²) in [6.07, 6.45) is 2.08. The van der Waals surface area contributed by atoms with Crippen LogP contribution < -0.4 is 19.1 Å². The van der Waals surface area contributed by atoms with Crippen LogP contribution in [0.1, 0.15) is 42.1 Å². The van der Waals surface area contributed by atoms with Crippen LogP contribution in [0.15, 0.2) is 36.4 Å². The van der Waals surface area contributed by atoms with Crippen LogP contribution in [0.25, 0.3) is 0 Å². The zero-order valence-corrected chi connectivity index (χ0v) is 22.6. The highest BCUT2D eigenvalue weighted by molar-refractivity contribution is 5.91. The average Bonchev–Trinajstić information content (AvgIpc) is 3.33. The predicted octanol–water partition coefficient (Wildman–Crippen LogP) is 3.45. The largest absolute Gasteiger partial charge is 0.493 e. The normalized spacial score (nSPS) is 39.1. The fourth-order valence-electron chi connectivity index (χ4n) is 9.37. The van der Waals surface area contributed by atoms with E-state index in [-0.39, 0.29) is 41.6 Å². The van der Waals surface area contributed by atoms with Crippen LogP contribution in [0.5, 0.6) is 17.2 Å². The molecular weight excluding hydrogens is 484 g/mol. The molecule has 8 heteroatoms. The zero-order valence-electron chi connectivity index (χ0n) is 22.6. The molecule has 0 aromatic heterocycles. The monoisotopic (exact) mass is 520 g/mol. The molecule has 5 heterocycles. The number of hydrogen-bond donors (Lipinski definition) is 1. The number of anilines is 1. The maximum atomic E-state index is 13.7. The molecule has 5 fully saturated rings. The summed E-state index contributed by atoms with van der Waals surface area (Å²) < 4.78 is 22.8. The summed E-state index contributed by atoms with van der Waals surface area (Å²) in [4.78, 5) is 18.5. The minimum absolute atomic E-state index is 0.154. The predicted molar refractivity (Wildman–Crippen MR) is 141 cm³/mol. The van der Waals surface area contributed by atoms with E-state index >= 15 is 0 Å². The third-order valence-corrected chi connectivity index (χ3v) is 10.6. The molecule has 5 aliphatic heterocycles. The molecule has 202 valence electrons. The van der Waals surface area contributed by atoms with Gasteiger partial charge in [-0.05, 0) is 48.9 Å². The summed E-state index contributed by atoms with van der Waals surface area (Å²) >= 11 is 0. The van der Waals surface area contributed by atoms with Gasteiger partial charge >= 0.3 is 5.97 Å². The van der Waals surface area contributed by atoms with Gasteiger partial charge in [0.15, 0.2) is 17.7 Å². The summed E-state index contributed by atoms with van der Waals surface area (Å²) in [7, 11) is 6.78. The molecule has 38 heavy (non-hydrogen) atoms. The van der Waals surface area contributed by atoms with Crippen molar-refractivity contribution in [1.82, 2.24) is 4.90 Å². The number of likely N-dealkylation sites (N-methyl/N-ethyl adjacent to an activating group) is 1. The second-order valence-corrected chi connectivity index (χ2v) is 11.6. The first-order chi connectivity index (χ1) is 18.4. The van der Waals surface area contributed by atoms with Gasteiger partial charge in [-0.1, -0.05) is 25.1 Å². The molecule has 0 radical (unpaired) electrons. The number of esters is 1. The van der Waals surface area contributed by atoms with E-state index in [9.17, 15) is 9.90 Å². The van der Waals surface area contributed by atoms with Gasteiger partial charge in [0.25, 0.3) is 0 Å². The molecule has 8 nitrogen and oxygen atoms in total. The van der Waals surface area contributed by atoms with Gasteiger partial charge in [0.05, 0.1) is 39.0 Å². The van der Waals surface area contributed by atoms with Gasteiger partial charge in [0.2, 0.25) is 5.75 Å². The summed E-state index contributed by atoms with van der Waals surface area (Å²) in [5.74, 6) is 1.56. The van der Waals surface area contributed by atoms with Crippen molar-refractivity contribution in [3.05, 3.63) is 47.5 Å². The topological polar surface area (TPSA) is 80.7 Å². The lowest BCUT2D eigenvalue weighted by molar-refractivity contribution is -0.211. The van der Waals surface area contributed by atoms with Crippen molar-refractivity contribution in [3.8, 4) is 17.2 Å². The Hall–Kier alpha value is -2.97. The lowest BCUT2D eigenvalue weighted by atomic mass is 9.62. The number of aliphatic hydroxyl groups is 1. The lowest BCUT2D eigenvalue weighted by Crippen LogP contribution is -2.73. The van der Waals surface area contributed by atoms with Crippen molar-refractivity contribution in [2.24, 2.45) is 17.8 Å². The first-order valence-electron chi connectivity index (χ1n) is 13.7. The van der Waals surface area contributed by atoms with Crippen LogP contribution in [0.2, 0.25) is 0 Å². The highest BCUT2D eigenvalue weighted by Gasteiger charge is 2.76. The van der Waals surface area contributed by atoms with E-state index in [1.165, 1.54) is 25.5 Å². The fourth-order valence-corrected chi connectivity index (χ4v) is 9.37. The fraction of sp³-hybridized carbons (Fsp3) is 0.567. The average molecular weight is 521 g/mol. The Morgan fingerprint density at radius 3 is 2.45 bits per heavy atom. The van der Waals surface area contributed by atoms with Crippen molar-refractivity contribution in [1.29, 1.82) is 0 Å². The molecule has 8 rings (SSSR count). The molecule has 4 saturated heterocycles. The standard InChI is InChI=1S/C30H36N2O6/c1-6-16-17-13-20-26-30(18-9-7-8-10-19(18)31(26)2)14-21(24(17)27(30)33)32(20)28(16)38-29(34)15-11-22(35-3)25(37-5)23(12-15)36-4/h7-12,16-17,20-21,24,26-28,33H,6,13-14H2,1-5H3/t16-,17-,20-,21-,24?,26-,27?,28+,30+/m0/s1. The second kappa shape index (κ2) is 8.26. The van der Waals surface area contributed by atoms with Gasteiger partial charge in [-0.15, -0.1) is 0 Å². The summed E-state index contributed by atoms with van der Waals surface area (Å²) in [6, 6.07) is 12.5. The SMILES string of the molecule is CC[C@H]1[C@@H]2C[C@H]3[C@@H]4N(C)c5ccccc5[C@]45C[C@@H](C2C5O)N3[C@@H]1OC(=O)c1cc(OC)c(OC)c(OC)c1. The molecule has 2 aromatic rings. The van der Waals surface area contributed by atoms with Gasteiger partial charge in [-0.25, -0.2) is 4.79 Å². The Morgan fingerprint density at radius 2 is 1.79 bits per heavy atom. The number of methoxy groups -OCH3 is 3. The minimum Gasteiger partial charge on any atom is -0.493 e. The van der Waals surface area contributed by atoms with E-state index in [2.05, 4.69) is 48.0 Å². The molecule has 1 aliphatic carbocycles. The van der Waals surface area contributed by atoms with E-state index in [4.69, 9.17) is 18.9 Å². The molecule has 3 unspecified atom stereocenters. The van der Waals surface area contributed by atoms with Gasteiger partial charge in [0.1, 0.15) is 0 Å². The van der Waals surface area contributed by atoms with Gasteiger partial charge in [-0.3, -0.25) is 4.90 Å².